The molecule has 0 fully saturated rings. The van der Waals surface area contributed by atoms with Crippen molar-refractivity contribution in [1.29, 1.82) is 0 Å². The van der Waals surface area contributed by atoms with Gasteiger partial charge in [0.25, 0.3) is 0 Å². The molecular formula is C23H18F2N2. The number of benzene rings is 3. The van der Waals surface area contributed by atoms with Crippen LogP contribution in [-0.2, 0) is 13.1 Å². The molecule has 0 aliphatic heterocycles. The van der Waals surface area contributed by atoms with E-state index in [0.29, 0.717) is 5.56 Å². The summed E-state index contributed by atoms with van der Waals surface area (Å²) in [6.07, 6.45) is 3.81. The molecule has 0 saturated heterocycles. The summed E-state index contributed by atoms with van der Waals surface area (Å²) in [7, 11) is 0. The zero-order valence-corrected chi connectivity index (χ0v) is 14.6. The van der Waals surface area contributed by atoms with Crippen LogP contribution in [0.1, 0.15) is 16.7 Å². The highest BCUT2D eigenvalue weighted by atomic mass is 19.1. The molecule has 0 aliphatic rings. The number of aliphatic imine (C=N–C) groups is 1. The van der Waals surface area contributed by atoms with Crippen molar-refractivity contribution in [3.63, 3.8) is 0 Å². The summed E-state index contributed by atoms with van der Waals surface area (Å²) >= 11 is 0. The summed E-state index contributed by atoms with van der Waals surface area (Å²) in [5.74, 6) is -1.15. The second-order valence-electron chi connectivity index (χ2n) is 6.42. The van der Waals surface area contributed by atoms with Gasteiger partial charge in [0, 0.05) is 47.1 Å². The van der Waals surface area contributed by atoms with E-state index in [1.54, 1.807) is 6.21 Å². The highest BCUT2D eigenvalue weighted by molar-refractivity contribution is 5.99. The Morgan fingerprint density at radius 1 is 0.889 bits per heavy atom. The molecule has 1 aromatic heterocycles. The number of nitrogens with zero attached hydrogens (tertiary/aromatic N) is 2. The van der Waals surface area contributed by atoms with Crippen molar-refractivity contribution in [1.82, 2.24) is 4.57 Å². The maximum absolute atomic E-state index is 13.8. The first-order valence-corrected chi connectivity index (χ1v) is 8.76. The van der Waals surface area contributed by atoms with Gasteiger partial charge in [-0.2, -0.15) is 0 Å². The number of fused-ring (bicyclic) bond motifs is 1. The average Bonchev–Trinajstić information content (AvgIpc) is 3.02. The van der Waals surface area contributed by atoms with Gasteiger partial charge in [-0.15, -0.1) is 0 Å². The fraction of sp³-hybridized carbons (Fsp3) is 0.0870. The van der Waals surface area contributed by atoms with Crippen LogP contribution in [0.2, 0.25) is 0 Å². The van der Waals surface area contributed by atoms with Gasteiger partial charge in [0.1, 0.15) is 11.6 Å². The van der Waals surface area contributed by atoms with E-state index >= 15 is 0 Å². The van der Waals surface area contributed by atoms with Crippen LogP contribution < -0.4 is 0 Å². The van der Waals surface area contributed by atoms with Crippen molar-refractivity contribution < 1.29 is 8.78 Å². The summed E-state index contributed by atoms with van der Waals surface area (Å²) in [5.41, 5.74) is 3.69. The first kappa shape index (κ1) is 17.2. The molecule has 0 spiro atoms. The molecule has 0 bridgehead atoms. The largest absolute Gasteiger partial charge is 0.342 e. The third-order valence-corrected chi connectivity index (χ3v) is 4.52. The van der Waals surface area contributed by atoms with E-state index in [4.69, 9.17) is 0 Å². The Kier molecular flexibility index (Phi) is 4.79. The summed E-state index contributed by atoms with van der Waals surface area (Å²) in [6.45, 7) is 0.937. The third kappa shape index (κ3) is 3.80. The van der Waals surface area contributed by atoms with Crippen LogP contribution in [0.5, 0.6) is 0 Å². The molecule has 0 radical (unpaired) electrons. The fourth-order valence-corrected chi connectivity index (χ4v) is 3.18. The van der Waals surface area contributed by atoms with Crippen molar-refractivity contribution in [2.24, 2.45) is 4.99 Å². The molecule has 2 nitrogen and oxygen atoms in total. The van der Waals surface area contributed by atoms with Gasteiger partial charge < -0.3 is 4.57 Å². The normalized spacial score (nSPS) is 11.5. The number of hydrogen-bond donors (Lipinski definition) is 0. The predicted molar refractivity (Wildman–Crippen MR) is 105 cm³/mol. The molecule has 4 rings (SSSR count). The van der Waals surface area contributed by atoms with Gasteiger partial charge in [0.2, 0.25) is 0 Å². The molecule has 3 aromatic carbocycles. The second kappa shape index (κ2) is 7.54. The quantitative estimate of drug-likeness (QED) is 0.413. The van der Waals surface area contributed by atoms with E-state index in [9.17, 15) is 8.78 Å². The molecule has 27 heavy (non-hydrogen) atoms. The van der Waals surface area contributed by atoms with Gasteiger partial charge in [-0.3, -0.25) is 4.99 Å². The van der Waals surface area contributed by atoms with Gasteiger partial charge in [-0.1, -0.05) is 54.6 Å². The van der Waals surface area contributed by atoms with Crippen LogP contribution in [0.15, 0.2) is 84.0 Å². The van der Waals surface area contributed by atoms with E-state index in [1.807, 2.05) is 30.3 Å². The zero-order valence-electron chi connectivity index (χ0n) is 14.6. The van der Waals surface area contributed by atoms with Crippen molar-refractivity contribution in [3.05, 3.63) is 107 Å². The number of halogens is 2. The monoisotopic (exact) mass is 360 g/mol. The molecule has 4 aromatic rings. The molecule has 0 N–H and O–H groups in total. The van der Waals surface area contributed by atoms with Gasteiger partial charge in [-0.05, 0) is 17.7 Å². The molecule has 0 amide bonds. The number of para-hydroxylation sites is 1. The van der Waals surface area contributed by atoms with Crippen molar-refractivity contribution >= 4 is 17.1 Å². The number of hydrogen-bond acceptors (Lipinski definition) is 1. The third-order valence-electron chi connectivity index (χ3n) is 4.52. The van der Waals surface area contributed by atoms with Gasteiger partial charge in [0.15, 0.2) is 0 Å². The lowest BCUT2D eigenvalue weighted by Crippen LogP contribution is -1.97. The maximum Gasteiger partial charge on any atom is 0.131 e. The van der Waals surface area contributed by atoms with Gasteiger partial charge in [-0.25, -0.2) is 8.78 Å². The van der Waals surface area contributed by atoms with E-state index in [1.165, 1.54) is 17.7 Å². The van der Waals surface area contributed by atoms with Crippen LogP contribution in [0, 0.1) is 11.6 Å². The fourth-order valence-electron chi connectivity index (χ4n) is 3.18. The number of aromatic nitrogens is 1. The molecule has 0 aliphatic carbocycles. The average molecular weight is 360 g/mol. The number of rotatable bonds is 5. The highest BCUT2D eigenvalue weighted by Gasteiger charge is 2.07. The van der Waals surface area contributed by atoms with Gasteiger partial charge >= 0.3 is 0 Å². The van der Waals surface area contributed by atoms with Crippen LogP contribution in [0.3, 0.4) is 0 Å². The Balaban J connectivity index is 1.62. The van der Waals surface area contributed by atoms with Crippen LogP contribution in [0.4, 0.5) is 8.78 Å². The SMILES string of the molecule is Fc1ccc(CN=Cc2cn(Cc3ccccc3)c3ccccc23)c(F)c1. The standard InChI is InChI=1S/C23H18F2N2/c24-20-11-10-18(22(25)12-20)13-26-14-19-16-27(15-17-6-2-1-3-7-17)23-9-5-4-8-21(19)23/h1-12,14,16H,13,15H2. The smallest absolute Gasteiger partial charge is 0.131 e. The molecule has 0 unspecified atom stereocenters. The zero-order chi connectivity index (χ0) is 18.6. The van der Waals surface area contributed by atoms with E-state index in [2.05, 4.69) is 40.0 Å². The van der Waals surface area contributed by atoms with Crippen LogP contribution in [0.25, 0.3) is 10.9 Å². The van der Waals surface area contributed by atoms with Crippen LogP contribution >= 0.6 is 0 Å². The van der Waals surface area contributed by atoms with Crippen molar-refractivity contribution in [2.45, 2.75) is 13.1 Å². The Labute approximate surface area is 156 Å². The lowest BCUT2D eigenvalue weighted by molar-refractivity contribution is 0.573. The Morgan fingerprint density at radius 3 is 2.48 bits per heavy atom. The van der Waals surface area contributed by atoms with E-state index in [-0.39, 0.29) is 6.54 Å². The maximum atomic E-state index is 13.8. The lowest BCUT2D eigenvalue weighted by Gasteiger charge is -2.05. The first-order chi connectivity index (χ1) is 13.2. The summed E-state index contributed by atoms with van der Waals surface area (Å²) < 4.78 is 29.0. The predicted octanol–water partition coefficient (Wildman–Crippen LogP) is 5.59. The minimum absolute atomic E-state index is 0.171. The molecule has 134 valence electrons. The van der Waals surface area contributed by atoms with E-state index in [0.717, 1.165) is 29.1 Å². The molecule has 0 atom stereocenters. The summed E-state index contributed by atoms with van der Waals surface area (Å²) in [4.78, 5) is 4.37. The molecule has 4 heteroatoms. The Hall–Kier alpha value is -3.27. The highest BCUT2D eigenvalue weighted by Crippen LogP contribution is 2.21. The lowest BCUT2D eigenvalue weighted by atomic mass is 10.2. The molecular weight excluding hydrogens is 342 g/mol. The minimum Gasteiger partial charge on any atom is -0.342 e. The molecule has 0 saturated carbocycles. The van der Waals surface area contributed by atoms with E-state index < -0.39 is 11.6 Å². The minimum atomic E-state index is -0.579. The van der Waals surface area contributed by atoms with Crippen molar-refractivity contribution in [3.8, 4) is 0 Å². The Bertz CT molecular complexity index is 1100. The summed E-state index contributed by atoms with van der Waals surface area (Å²) in [6, 6.07) is 22.0. The second-order valence-corrected chi connectivity index (χ2v) is 6.42. The Morgan fingerprint density at radius 2 is 1.67 bits per heavy atom. The molecule has 1 heterocycles. The topological polar surface area (TPSA) is 17.3 Å². The summed E-state index contributed by atoms with van der Waals surface area (Å²) in [5, 5.41) is 1.09. The first-order valence-electron chi connectivity index (χ1n) is 8.76. The van der Waals surface area contributed by atoms with Gasteiger partial charge in [0.05, 0.1) is 6.54 Å². The van der Waals surface area contributed by atoms with Crippen molar-refractivity contribution in [2.75, 3.05) is 0 Å². The van der Waals surface area contributed by atoms with Crippen LogP contribution in [-0.4, -0.2) is 10.8 Å².